The predicted octanol–water partition coefficient (Wildman–Crippen LogP) is -2.86. The van der Waals surface area contributed by atoms with Gasteiger partial charge in [-0.25, -0.2) is 0 Å². The maximum absolute atomic E-state index is 12.4. The molecule has 13 nitrogen and oxygen atoms in total. The van der Waals surface area contributed by atoms with Gasteiger partial charge in [0.15, 0.2) is 0 Å². The summed E-state index contributed by atoms with van der Waals surface area (Å²) in [5.74, 6) is -7.08. The number of carboxylic acid groups (broad SMARTS) is 3. The Balaban J connectivity index is 5.38. The summed E-state index contributed by atoms with van der Waals surface area (Å²) in [7, 11) is 0. The van der Waals surface area contributed by atoms with Crippen LogP contribution < -0.4 is 21.7 Å². The largest absolute Gasteiger partial charge is 0.481 e. The number of nitrogens with one attached hydrogen (secondary N) is 3. The second-order valence-corrected chi connectivity index (χ2v) is 6.38. The number of aliphatic carboxylic acids is 3. The molecule has 0 saturated heterocycles. The van der Waals surface area contributed by atoms with Crippen LogP contribution in [-0.4, -0.2) is 80.9 Å². The fourth-order valence-electron chi connectivity index (χ4n) is 1.93. The number of hydrogen-bond acceptors (Lipinski definition) is 8. The SMILES string of the molecule is CC(NC(=O)C(CCC(=O)O)NC(=O)C(CC(=O)O)NC(=O)C(N)CS)C(=O)O. The molecule has 4 atom stereocenters. The van der Waals surface area contributed by atoms with Gasteiger partial charge in [-0.3, -0.25) is 28.8 Å². The standard InChI is InChI=1S/C15H24N4O9S/c1-6(15(27)28)17-13(25)8(2-3-10(20)21)18-14(26)9(4-11(22)23)19-12(24)7(16)5-29/h6-9,29H,2-5,16H2,1H3,(H,17,25)(H,18,26)(H,19,24)(H,20,21)(H,22,23)(H,27,28). The third-order valence-electron chi connectivity index (χ3n) is 3.55. The van der Waals surface area contributed by atoms with Gasteiger partial charge in [-0.1, -0.05) is 0 Å². The summed E-state index contributed by atoms with van der Waals surface area (Å²) in [6.07, 6.45) is -1.78. The maximum Gasteiger partial charge on any atom is 0.325 e. The molecule has 8 N–H and O–H groups in total. The molecule has 0 heterocycles. The van der Waals surface area contributed by atoms with Crippen molar-refractivity contribution in [1.82, 2.24) is 16.0 Å². The Kier molecular flexibility index (Phi) is 11.3. The van der Waals surface area contributed by atoms with Crippen molar-refractivity contribution in [1.29, 1.82) is 0 Å². The summed E-state index contributed by atoms with van der Waals surface area (Å²) in [5, 5.41) is 32.9. The number of carboxylic acids is 3. The first-order chi connectivity index (χ1) is 13.4. The lowest BCUT2D eigenvalue weighted by Gasteiger charge is -2.23. The third kappa shape index (κ3) is 10.3. The lowest BCUT2D eigenvalue weighted by molar-refractivity contribution is -0.143. The highest BCUT2D eigenvalue weighted by Crippen LogP contribution is 2.03. The molecular formula is C15H24N4O9S. The van der Waals surface area contributed by atoms with Crippen molar-refractivity contribution in [2.45, 2.75) is 50.4 Å². The number of hydrogen-bond donors (Lipinski definition) is 8. The van der Waals surface area contributed by atoms with Crippen molar-refractivity contribution in [3.05, 3.63) is 0 Å². The fourth-order valence-corrected chi connectivity index (χ4v) is 2.10. The Bertz CT molecular complexity index is 658. The summed E-state index contributed by atoms with van der Waals surface area (Å²) in [6.45, 7) is 1.16. The molecule has 0 radical (unpaired) electrons. The molecule has 29 heavy (non-hydrogen) atoms. The van der Waals surface area contributed by atoms with Gasteiger partial charge in [0, 0.05) is 12.2 Å². The number of nitrogens with two attached hydrogens (primary N) is 1. The van der Waals surface area contributed by atoms with E-state index in [1.165, 1.54) is 0 Å². The lowest BCUT2D eigenvalue weighted by atomic mass is 10.1. The van der Waals surface area contributed by atoms with Gasteiger partial charge < -0.3 is 37.0 Å². The van der Waals surface area contributed by atoms with E-state index >= 15 is 0 Å². The Morgan fingerprint density at radius 1 is 0.862 bits per heavy atom. The van der Waals surface area contributed by atoms with Gasteiger partial charge in [-0.05, 0) is 13.3 Å². The molecule has 3 amide bonds. The molecule has 0 aliphatic heterocycles. The van der Waals surface area contributed by atoms with Gasteiger partial charge >= 0.3 is 17.9 Å². The zero-order valence-electron chi connectivity index (χ0n) is 15.5. The van der Waals surface area contributed by atoms with Crippen LogP contribution in [-0.2, 0) is 28.8 Å². The molecule has 0 fully saturated rings. The summed E-state index contributed by atoms with van der Waals surface area (Å²) in [6, 6.07) is -5.53. The molecule has 164 valence electrons. The quantitative estimate of drug-likeness (QED) is 0.138. The monoisotopic (exact) mass is 436 g/mol. The minimum atomic E-state index is -1.61. The van der Waals surface area contributed by atoms with Gasteiger partial charge in [0.05, 0.1) is 12.5 Å². The zero-order valence-corrected chi connectivity index (χ0v) is 16.3. The van der Waals surface area contributed by atoms with Gasteiger partial charge in [0.25, 0.3) is 0 Å². The lowest BCUT2D eigenvalue weighted by Crippen LogP contribution is -2.57. The molecule has 4 unspecified atom stereocenters. The van der Waals surface area contributed by atoms with Crippen LogP contribution in [0.1, 0.15) is 26.2 Å². The average Bonchev–Trinajstić information content (AvgIpc) is 2.62. The van der Waals surface area contributed by atoms with Crippen LogP contribution in [0.3, 0.4) is 0 Å². The van der Waals surface area contributed by atoms with E-state index in [0.29, 0.717) is 0 Å². The van der Waals surface area contributed by atoms with E-state index in [0.717, 1.165) is 6.92 Å². The van der Waals surface area contributed by atoms with Crippen molar-refractivity contribution in [2.24, 2.45) is 5.73 Å². The first-order valence-corrected chi connectivity index (χ1v) is 8.96. The van der Waals surface area contributed by atoms with Crippen molar-refractivity contribution >= 4 is 48.3 Å². The normalized spacial score (nSPS) is 14.6. The Labute approximate surface area is 170 Å². The van der Waals surface area contributed by atoms with Crippen LogP contribution in [0.15, 0.2) is 0 Å². The minimum absolute atomic E-state index is 0.0794. The van der Waals surface area contributed by atoms with Crippen molar-refractivity contribution in [3.63, 3.8) is 0 Å². The zero-order chi connectivity index (χ0) is 22.7. The van der Waals surface area contributed by atoms with E-state index in [-0.39, 0.29) is 5.75 Å². The van der Waals surface area contributed by atoms with Crippen LogP contribution in [0.25, 0.3) is 0 Å². The molecule has 0 aliphatic rings. The van der Waals surface area contributed by atoms with Crippen LogP contribution >= 0.6 is 12.6 Å². The van der Waals surface area contributed by atoms with Crippen molar-refractivity contribution < 1.29 is 44.1 Å². The third-order valence-corrected chi connectivity index (χ3v) is 3.95. The summed E-state index contributed by atoms with van der Waals surface area (Å²) in [5.41, 5.74) is 5.46. The Morgan fingerprint density at radius 3 is 1.83 bits per heavy atom. The van der Waals surface area contributed by atoms with Crippen LogP contribution in [0.2, 0.25) is 0 Å². The van der Waals surface area contributed by atoms with Crippen LogP contribution in [0.4, 0.5) is 0 Å². The highest BCUT2D eigenvalue weighted by molar-refractivity contribution is 7.80. The van der Waals surface area contributed by atoms with Gasteiger partial charge in [-0.2, -0.15) is 12.6 Å². The first kappa shape index (κ1) is 26.1. The molecule has 0 saturated carbocycles. The molecule has 0 bridgehead atoms. The fraction of sp³-hybridized carbons (Fsp3) is 0.600. The molecule has 0 rings (SSSR count). The van der Waals surface area contributed by atoms with E-state index in [9.17, 15) is 28.8 Å². The molecule has 0 spiro atoms. The van der Waals surface area contributed by atoms with E-state index in [2.05, 4.69) is 28.6 Å². The second kappa shape index (κ2) is 12.6. The number of carbonyl (C=O) groups excluding carboxylic acids is 3. The number of carbonyl (C=O) groups is 6. The highest BCUT2D eigenvalue weighted by Gasteiger charge is 2.30. The van der Waals surface area contributed by atoms with Gasteiger partial charge in [0.1, 0.15) is 18.1 Å². The predicted molar refractivity (Wildman–Crippen MR) is 100 cm³/mol. The van der Waals surface area contributed by atoms with Gasteiger partial charge in [-0.15, -0.1) is 0 Å². The molecule has 0 aliphatic carbocycles. The summed E-state index contributed by atoms with van der Waals surface area (Å²) in [4.78, 5) is 69.1. The molecule has 14 heteroatoms. The number of rotatable bonds is 13. The molecule has 0 aromatic heterocycles. The number of amides is 3. The second-order valence-electron chi connectivity index (χ2n) is 6.01. The Morgan fingerprint density at radius 2 is 1.38 bits per heavy atom. The van der Waals surface area contributed by atoms with E-state index in [4.69, 9.17) is 21.1 Å². The highest BCUT2D eigenvalue weighted by atomic mass is 32.1. The van der Waals surface area contributed by atoms with Crippen molar-refractivity contribution in [3.8, 4) is 0 Å². The Hall–Kier alpha value is -2.87. The maximum atomic E-state index is 12.4. The van der Waals surface area contributed by atoms with Crippen LogP contribution in [0, 0.1) is 0 Å². The average molecular weight is 436 g/mol. The molecule has 0 aromatic rings. The minimum Gasteiger partial charge on any atom is -0.481 e. The molecule has 0 aromatic carbocycles. The van der Waals surface area contributed by atoms with E-state index in [1.54, 1.807) is 0 Å². The number of thiol groups is 1. The van der Waals surface area contributed by atoms with E-state index in [1.807, 2.05) is 0 Å². The van der Waals surface area contributed by atoms with Gasteiger partial charge in [0.2, 0.25) is 17.7 Å². The smallest absolute Gasteiger partial charge is 0.325 e. The molecular weight excluding hydrogens is 412 g/mol. The van der Waals surface area contributed by atoms with Crippen LogP contribution in [0.5, 0.6) is 0 Å². The first-order valence-electron chi connectivity index (χ1n) is 8.33. The topological polar surface area (TPSA) is 225 Å². The van der Waals surface area contributed by atoms with Crippen molar-refractivity contribution in [2.75, 3.05) is 5.75 Å². The van der Waals surface area contributed by atoms with E-state index < -0.39 is 79.1 Å². The summed E-state index contributed by atoms with van der Waals surface area (Å²) < 4.78 is 0. The summed E-state index contributed by atoms with van der Waals surface area (Å²) >= 11 is 3.82.